The van der Waals surface area contributed by atoms with Crippen LogP contribution in [0.5, 0.6) is 0 Å². The SMILES string of the molecule is CCC/C=C\CCCCCCCC(=O)NC(COC1OC(CO)C(OC2OC(CO)C(OC3OC(CO)C(O)C(O)C3O)C(O)C2O)C(O)C1O)C(O)/C=C/CC/C=C/CCCCCCCCCCCCCCCC. The first-order chi connectivity index (χ1) is 36.3. The highest BCUT2D eigenvalue weighted by atomic mass is 16.8. The topological polar surface area (TPSA) is 307 Å². The lowest BCUT2D eigenvalue weighted by Crippen LogP contribution is -2.66. The molecule has 0 aliphatic carbocycles. The standard InChI is InChI=1S/C56H101NO18/c1-3-5-7-9-11-13-15-16-17-18-19-20-21-22-23-24-25-27-29-31-33-40(61)39(57-44(62)34-32-30-28-26-14-12-10-8-6-4-2)38-70-54-50(68)47(65)52(42(36-59)72-54)75-56-51(69)48(66)53(43(37-60)73-56)74-55-49(67)46(64)45(63)41(35-58)71-55/h8,10,24-25,31,33,39-43,45-56,58-61,63-69H,3-7,9,11-23,26-30,32,34-38H2,1-2H3,(H,57,62)/b10-8-,25-24+,33-31+. The van der Waals surface area contributed by atoms with Gasteiger partial charge < -0.3 is 89.9 Å². The van der Waals surface area contributed by atoms with Crippen LogP contribution in [0.4, 0.5) is 0 Å². The molecule has 3 saturated heterocycles. The number of aliphatic hydroxyl groups is 11. The van der Waals surface area contributed by atoms with Gasteiger partial charge in [-0.05, 0) is 51.4 Å². The fraction of sp³-hybridized carbons (Fsp3) is 0.875. The number of ether oxygens (including phenoxy) is 6. The summed E-state index contributed by atoms with van der Waals surface area (Å²) in [6.07, 6.45) is 14.4. The molecule has 19 heteroatoms. The number of carbonyl (C=O) groups excluding carboxylic acids is 1. The van der Waals surface area contributed by atoms with Crippen molar-refractivity contribution < 1.29 is 89.4 Å². The van der Waals surface area contributed by atoms with Crippen LogP contribution in [0.2, 0.25) is 0 Å². The average molecular weight is 1080 g/mol. The number of amides is 1. The molecule has 3 heterocycles. The molecule has 0 aromatic heterocycles. The fourth-order valence-electron chi connectivity index (χ4n) is 9.62. The van der Waals surface area contributed by atoms with Gasteiger partial charge in [0, 0.05) is 6.42 Å². The zero-order valence-corrected chi connectivity index (χ0v) is 45.3. The van der Waals surface area contributed by atoms with Gasteiger partial charge in [-0.1, -0.05) is 159 Å². The van der Waals surface area contributed by atoms with Gasteiger partial charge in [-0.25, -0.2) is 0 Å². The van der Waals surface area contributed by atoms with Crippen molar-refractivity contribution in [1.82, 2.24) is 5.32 Å². The first kappa shape index (κ1) is 67.3. The Bertz CT molecular complexity index is 1520. The second-order valence-corrected chi connectivity index (χ2v) is 20.7. The third kappa shape index (κ3) is 24.9. The van der Waals surface area contributed by atoms with Crippen molar-refractivity contribution in [2.75, 3.05) is 26.4 Å². The molecule has 3 fully saturated rings. The maximum Gasteiger partial charge on any atom is 0.220 e. The van der Waals surface area contributed by atoms with Crippen molar-refractivity contribution in [2.45, 2.75) is 285 Å². The molecule has 0 bridgehead atoms. The molecule has 1 amide bonds. The lowest BCUT2D eigenvalue weighted by atomic mass is 9.96. The van der Waals surface area contributed by atoms with Crippen molar-refractivity contribution in [3.05, 3.63) is 36.5 Å². The molecule has 17 unspecified atom stereocenters. The van der Waals surface area contributed by atoms with Crippen LogP contribution in [-0.2, 0) is 33.2 Å². The highest BCUT2D eigenvalue weighted by molar-refractivity contribution is 5.76. The summed E-state index contributed by atoms with van der Waals surface area (Å²) in [4.78, 5) is 13.2. The minimum Gasteiger partial charge on any atom is -0.394 e. The molecular weight excluding hydrogens is 975 g/mol. The van der Waals surface area contributed by atoms with E-state index in [0.29, 0.717) is 12.8 Å². The Morgan fingerprint density at radius 2 is 0.880 bits per heavy atom. The zero-order valence-electron chi connectivity index (χ0n) is 45.3. The molecular formula is C56H101NO18. The minimum absolute atomic E-state index is 0.224. The van der Waals surface area contributed by atoms with Gasteiger partial charge in [0.1, 0.15) is 73.2 Å². The summed E-state index contributed by atoms with van der Waals surface area (Å²) in [5.41, 5.74) is 0. The van der Waals surface area contributed by atoms with E-state index in [2.05, 4.69) is 43.5 Å². The zero-order chi connectivity index (χ0) is 54.8. The predicted octanol–water partition coefficient (Wildman–Crippen LogP) is 4.15. The molecule has 0 saturated carbocycles. The van der Waals surface area contributed by atoms with Crippen molar-refractivity contribution in [1.29, 1.82) is 0 Å². The van der Waals surface area contributed by atoms with E-state index in [4.69, 9.17) is 28.4 Å². The normalized spacial score (nSPS) is 31.5. The number of nitrogens with one attached hydrogen (secondary N) is 1. The van der Waals surface area contributed by atoms with Gasteiger partial charge in [-0.15, -0.1) is 0 Å². The van der Waals surface area contributed by atoms with Crippen LogP contribution in [0.15, 0.2) is 36.5 Å². The van der Waals surface area contributed by atoms with Gasteiger partial charge in [-0.3, -0.25) is 4.79 Å². The predicted molar refractivity (Wildman–Crippen MR) is 282 cm³/mol. The molecule has 0 radical (unpaired) electrons. The number of allylic oxidation sites excluding steroid dienone is 5. The molecule has 3 rings (SSSR count). The molecule has 12 N–H and O–H groups in total. The summed E-state index contributed by atoms with van der Waals surface area (Å²) in [6.45, 7) is 1.61. The molecule has 0 spiro atoms. The third-order valence-corrected chi connectivity index (χ3v) is 14.4. The van der Waals surface area contributed by atoms with Crippen molar-refractivity contribution in [2.24, 2.45) is 0 Å². The second kappa shape index (κ2) is 40.2. The van der Waals surface area contributed by atoms with E-state index in [0.717, 1.165) is 64.2 Å². The van der Waals surface area contributed by atoms with E-state index < -0.39 is 124 Å². The lowest BCUT2D eigenvalue weighted by Gasteiger charge is -2.48. The monoisotopic (exact) mass is 1080 g/mol. The Morgan fingerprint density at radius 1 is 0.467 bits per heavy atom. The molecule has 0 aromatic rings. The van der Waals surface area contributed by atoms with Crippen LogP contribution in [0.3, 0.4) is 0 Å². The number of rotatable bonds is 41. The van der Waals surface area contributed by atoms with E-state index >= 15 is 0 Å². The molecule has 0 aromatic carbocycles. The first-order valence-electron chi connectivity index (χ1n) is 28.7. The highest BCUT2D eigenvalue weighted by Gasteiger charge is 2.53. The number of hydrogen-bond acceptors (Lipinski definition) is 18. The Hall–Kier alpha value is -1.99. The Balaban J connectivity index is 1.52. The largest absolute Gasteiger partial charge is 0.394 e. The highest BCUT2D eigenvalue weighted by Crippen LogP contribution is 2.33. The van der Waals surface area contributed by atoms with E-state index in [9.17, 15) is 61.0 Å². The van der Waals surface area contributed by atoms with Gasteiger partial charge >= 0.3 is 0 Å². The Morgan fingerprint density at radius 3 is 1.39 bits per heavy atom. The van der Waals surface area contributed by atoms with Crippen LogP contribution in [-0.4, -0.2) is 193 Å². The smallest absolute Gasteiger partial charge is 0.220 e. The van der Waals surface area contributed by atoms with Crippen LogP contribution in [0.25, 0.3) is 0 Å². The van der Waals surface area contributed by atoms with Crippen molar-refractivity contribution in [3.8, 4) is 0 Å². The molecule has 75 heavy (non-hydrogen) atoms. The summed E-state index contributed by atoms with van der Waals surface area (Å²) >= 11 is 0. The first-order valence-corrected chi connectivity index (χ1v) is 28.7. The quantitative estimate of drug-likeness (QED) is 0.0302. The van der Waals surface area contributed by atoms with E-state index in [-0.39, 0.29) is 18.9 Å². The van der Waals surface area contributed by atoms with Gasteiger partial charge in [0.15, 0.2) is 18.9 Å². The molecule has 438 valence electrons. The van der Waals surface area contributed by atoms with E-state index in [1.54, 1.807) is 6.08 Å². The van der Waals surface area contributed by atoms with Crippen LogP contribution in [0.1, 0.15) is 181 Å². The number of aliphatic hydroxyl groups excluding tert-OH is 11. The molecule has 3 aliphatic rings. The third-order valence-electron chi connectivity index (χ3n) is 14.4. The van der Waals surface area contributed by atoms with Gasteiger partial charge in [0.25, 0.3) is 0 Å². The maximum atomic E-state index is 13.2. The summed E-state index contributed by atoms with van der Waals surface area (Å²) in [7, 11) is 0. The summed E-state index contributed by atoms with van der Waals surface area (Å²) < 4.78 is 34.1. The summed E-state index contributed by atoms with van der Waals surface area (Å²) in [6, 6.07) is -0.991. The second-order valence-electron chi connectivity index (χ2n) is 20.7. The van der Waals surface area contributed by atoms with E-state index in [1.807, 2.05) is 6.08 Å². The number of hydrogen-bond donors (Lipinski definition) is 12. The number of unbranched alkanes of at least 4 members (excludes halogenated alkanes) is 21. The van der Waals surface area contributed by atoms with Crippen LogP contribution in [0, 0.1) is 0 Å². The van der Waals surface area contributed by atoms with Gasteiger partial charge in [0.2, 0.25) is 5.91 Å². The number of carbonyl (C=O) groups is 1. The minimum atomic E-state index is -1.98. The van der Waals surface area contributed by atoms with Crippen LogP contribution >= 0.6 is 0 Å². The molecule has 17 atom stereocenters. The van der Waals surface area contributed by atoms with Crippen molar-refractivity contribution in [3.63, 3.8) is 0 Å². The Labute approximate surface area is 447 Å². The van der Waals surface area contributed by atoms with Crippen molar-refractivity contribution >= 4 is 5.91 Å². The van der Waals surface area contributed by atoms with Gasteiger partial charge in [0.05, 0.1) is 38.6 Å². The summed E-state index contributed by atoms with van der Waals surface area (Å²) in [5.74, 6) is -0.299. The van der Waals surface area contributed by atoms with Gasteiger partial charge in [-0.2, -0.15) is 0 Å². The average Bonchev–Trinajstić information content (AvgIpc) is 3.41. The molecule has 19 nitrogen and oxygen atoms in total. The van der Waals surface area contributed by atoms with E-state index in [1.165, 1.54) is 83.5 Å². The summed E-state index contributed by atoms with van der Waals surface area (Å²) in [5, 5.41) is 120. The van der Waals surface area contributed by atoms with Crippen LogP contribution < -0.4 is 5.32 Å². The Kier molecular flexibility index (Phi) is 36.1. The lowest BCUT2D eigenvalue weighted by molar-refractivity contribution is -0.379. The molecule has 3 aliphatic heterocycles. The fourth-order valence-corrected chi connectivity index (χ4v) is 9.62. The maximum absolute atomic E-state index is 13.2.